The molecule has 0 saturated carbocycles. The number of benzene rings is 1. The van der Waals surface area contributed by atoms with E-state index in [1.165, 1.54) is 4.88 Å². The summed E-state index contributed by atoms with van der Waals surface area (Å²) in [6.07, 6.45) is 2.99. The quantitative estimate of drug-likeness (QED) is 0.906. The summed E-state index contributed by atoms with van der Waals surface area (Å²) in [5.74, 6) is 0. The van der Waals surface area contributed by atoms with E-state index in [0.29, 0.717) is 5.56 Å². The third kappa shape index (κ3) is 3.63. The molecule has 3 nitrogen and oxygen atoms in total. The Hall–Kier alpha value is -1.70. The summed E-state index contributed by atoms with van der Waals surface area (Å²) in [5, 5.41) is 13.4. The van der Waals surface area contributed by atoms with Crippen LogP contribution in [0.1, 0.15) is 40.9 Å². The molecule has 1 aromatic carbocycles. The summed E-state index contributed by atoms with van der Waals surface area (Å²) >= 11 is 1.76. The first-order valence-electron chi connectivity index (χ1n) is 6.40. The van der Waals surface area contributed by atoms with E-state index in [1.807, 2.05) is 30.5 Å². The number of nitriles is 1. The molecule has 1 aromatic heterocycles. The van der Waals surface area contributed by atoms with Crippen LogP contribution in [0.3, 0.4) is 0 Å². The number of thiazole rings is 1. The number of hydrogen-bond acceptors (Lipinski definition) is 4. The zero-order chi connectivity index (χ0) is 13.7. The van der Waals surface area contributed by atoms with Gasteiger partial charge in [-0.2, -0.15) is 5.26 Å². The highest BCUT2D eigenvalue weighted by molar-refractivity contribution is 7.11. The predicted molar refractivity (Wildman–Crippen MR) is 77.9 cm³/mol. The summed E-state index contributed by atoms with van der Waals surface area (Å²) in [5.41, 5.74) is 1.83. The average molecular weight is 271 g/mol. The Morgan fingerprint density at radius 3 is 3.00 bits per heavy atom. The lowest BCUT2D eigenvalue weighted by Gasteiger charge is -2.11. The van der Waals surface area contributed by atoms with E-state index in [0.717, 1.165) is 23.5 Å². The molecule has 0 fully saturated rings. The maximum atomic E-state index is 8.87. The molecule has 0 bridgehead atoms. The number of aryl methyl sites for hydroxylation is 1. The Bertz CT molecular complexity index is 583. The summed E-state index contributed by atoms with van der Waals surface area (Å²) in [7, 11) is 0. The van der Waals surface area contributed by atoms with E-state index >= 15 is 0 Å². The summed E-state index contributed by atoms with van der Waals surface area (Å²) in [6.45, 7) is 5.01. The Kier molecular flexibility index (Phi) is 4.67. The number of nitrogens with one attached hydrogen (secondary N) is 1. The van der Waals surface area contributed by atoms with Gasteiger partial charge in [0.1, 0.15) is 5.01 Å². The molecule has 1 atom stereocenters. The Morgan fingerprint density at radius 2 is 2.32 bits per heavy atom. The van der Waals surface area contributed by atoms with Crippen molar-refractivity contribution in [3.05, 3.63) is 51.5 Å². The first-order chi connectivity index (χ1) is 9.22. The van der Waals surface area contributed by atoms with Crippen molar-refractivity contribution in [3.8, 4) is 6.07 Å². The fourth-order valence-corrected chi connectivity index (χ4v) is 2.68. The molecule has 19 heavy (non-hydrogen) atoms. The van der Waals surface area contributed by atoms with Gasteiger partial charge < -0.3 is 5.32 Å². The Balaban J connectivity index is 1.96. The van der Waals surface area contributed by atoms with Crippen molar-refractivity contribution in [2.24, 2.45) is 0 Å². The summed E-state index contributed by atoms with van der Waals surface area (Å²) in [6, 6.07) is 10.1. The van der Waals surface area contributed by atoms with Gasteiger partial charge in [0.15, 0.2) is 0 Å². The van der Waals surface area contributed by atoms with Crippen LogP contribution in [-0.2, 0) is 13.0 Å². The molecule has 1 unspecified atom stereocenters. The lowest BCUT2D eigenvalue weighted by atomic mass is 10.1. The lowest BCUT2D eigenvalue weighted by molar-refractivity contribution is 0.572. The van der Waals surface area contributed by atoms with Gasteiger partial charge in [-0.05, 0) is 31.0 Å². The Morgan fingerprint density at radius 1 is 1.47 bits per heavy atom. The van der Waals surface area contributed by atoms with Crippen molar-refractivity contribution in [1.29, 1.82) is 5.26 Å². The van der Waals surface area contributed by atoms with Crippen LogP contribution in [0.2, 0.25) is 0 Å². The van der Waals surface area contributed by atoms with E-state index in [9.17, 15) is 0 Å². The zero-order valence-corrected chi connectivity index (χ0v) is 12.0. The highest BCUT2D eigenvalue weighted by Gasteiger charge is 2.09. The van der Waals surface area contributed by atoms with E-state index in [2.05, 4.69) is 30.2 Å². The minimum absolute atomic E-state index is 0.232. The standard InChI is InChI=1S/C15H17N3S/c1-3-14-10-18-15(19-14)11(2)17-9-13-6-4-5-12(7-13)8-16/h4-7,10-11,17H,3,9H2,1-2H3. The van der Waals surface area contributed by atoms with Crippen molar-refractivity contribution in [1.82, 2.24) is 10.3 Å². The second-order valence-electron chi connectivity index (χ2n) is 4.43. The minimum Gasteiger partial charge on any atom is -0.304 e. The van der Waals surface area contributed by atoms with Crippen molar-refractivity contribution in [3.63, 3.8) is 0 Å². The van der Waals surface area contributed by atoms with Crippen LogP contribution in [0.25, 0.3) is 0 Å². The van der Waals surface area contributed by atoms with Crippen LogP contribution in [0.15, 0.2) is 30.5 Å². The highest BCUT2D eigenvalue weighted by atomic mass is 32.1. The van der Waals surface area contributed by atoms with Gasteiger partial charge in [-0.1, -0.05) is 19.1 Å². The normalized spacial score (nSPS) is 12.1. The van der Waals surface area contributed by atoms with Crippen molar-refractivity contribution < 1.29 is 0 Å². The molecule has 0 spiro atoms. The number of hydrogen-bond donors (Lipinski definition) is 1. The number of rotatable bonds is 5. The van der Waals surface area contributed by atoms with Gasteiger partial charge in [-0.25, -0.2) is 4.98 Å². The topological polar surface area (TPSA) is 48.7 Å². The first kappa shape index (κ1) is 13.7. The SMILES string of the molecule is CCc1cnc(C(C)NCc2cccc(C#N)c2)s1. The molecule has 0 saturated heterocycles. The maximum Gasteiger partial charge on any atom is 0.109 e. The summed E-state index contributed by atoms with van der Waals surface area (Å²) < 4.78 is 0. The molecule has 1 N–H and O–H groups in total. The molecule has 0 radical (unpaired) electrons. The van der Waals surface area contributed by atoms with Gasteiger partial charge in [-0.3, -0.25) is 0 Å². The van der Waals surface area contributed by atoms with Crippen LogP contribution >= 0.6 is 11.3 Å². The van der Waals surface area contributed by atoms with Crippen LogP contribution in [0, 0.1) is 11.3 Å². The van der Waals surface area contributed by atoms with Gasteiger partial charge in [0, 0.05) is 17.6 Å². The molecule has 4 heteroatoms. The van der Waals surface area contributed by atoms with Crippen molar-refractivity contribution in [2.45, 2.75) is 32.9 Å². The molecular formula is C15H17N3S. The molecule has 0 amide bonds. The predicted octanol–water partition coefficient (Wildman–Crippen LogP) is 3.43. The average Bonchev–Trinajstić information content (AvgIpc) is 2.94. The fourth-order valence-electron chi connectivity index (χ4n) is 1.80. The molecule has 1 heterocycles. The highest BCUT2D eigenvalue weighted by Crippen LogP contribution is 2.20. The van der Waals surface area contributed by atoms with Gasteiger partial charge in [-0.15, -0.1) is 11.3 Å². The third-order valence-electron chi connectivity index (χ3n) is 2.96. The second kappa shape index (κ2) is 6.46. The Labute approximate surface area is 117 Å². The number of nitrogens with zero attached hydrogens (tertiary/aromatic N) is 2. The first-order valence-corrected chi connectivity index (χ1v) is 7.21. The molecule has 0 aliphatic rings. The molecule has 0 aliphatic carbocycles. The van der Waals surface area contributed by atoms with Gasteiger partial charge in [0.2, 0.25) is 0 Å². The molecule has 98 valence electrons. The molecule has 2 aromatic rings. The second-order valence-corrected chi connectivity index (χ2v) is 5.58. The molecular weight excluding hydrogens is 254 g/mol. The lowest BCUT2D eigenvalue weighted by Crippen LogP contribution is -2.17. The molecule has 0 aliphatic heterocycles. The van der Waals surface area contributed by atoms with Gasteiger partial charge in [0.25, 0.3) is 0 Å². The van der Waals surface area contributed by atoms with E-state index in [-0.39, 0.29) is 6.04 Å². The van der Waals surface area contributed by atoms with Gasteiger partial charge >= 0.3 is 0 Å². The molecule has 2 rings (SSSR count). The van der Waals surface area contributed by atoms with Gasteiger partial charge in [0.05, 0.1) is 17.7 Å². The minimum atomic E-state index is 0.232. The largest absolute Gasteiger partial charge is 0.304 e. The maximum absolute atomic E-state index is 8.87. The van der Waals surface area contributed by atoms with Crippen molar-refractivity contribution >= 4 is 11.3 Å². The monoisotopic (exact) mass is 271 g/mol. The fraction of sp³-hybridized carbons (Fsp3) is 0.333. The van der Waals surface area contributed by atoms with E-state index < -0.39 is 0 Å². The van der Waals surface area contributed by atoms with E-state index in [1.54, 1.807) is 11.3 Å². The van der Waals surface area contributed by atoms with Crippen LogP contribution < -0.4 is 5.32 Å². The third-order valence-corrected chi connectivity index (χ3v) is 4.28. The zero-order valence-electron chi connectivity index (χ0n) is 11.2. The summed E-state index contributed by atoms with van der Waals surface area (Å²) in [4.78, 5) is 5.75. The smallest absolute Gasteiger partial charge is 0.109 e. The van der Waals surface area contributed by atoms with Crippen LogP contribution in [0.4, 0.5) is 0 Å². The van der Waals surface area contributed by atoms with Crippen LogP contribution in [0.5, 0.6) is 0 Å². The van der Waals surface area contributed by atoms with Crippen molar-refractivity contribution in [2.75, 3.05) is 0 Å². The van der Waals surface area contributed by atoms with Crippen LogP contribution in [-0.4, -0.2) is 4.98 Å². The van der Waals surface area contributed by atoms with E-state index in [4.69, 9.17) is 5.26 Å². The number of aromatic nitrogens is 1.